The summed E-state index contributed by atoms with van der Waals surface area (Å²) in [6, 6.07) is 14.4. The van der Waals surface area contributed by atoms with E-state index in [1.54, 1.807) is 30.5 Å². The fraction of sp³-hybridized carbons (Fsp3) is 0.0526. The number of aromatic nitrogens is 4. The number of imide groups is 1. The van der Waals surface area contributed by atoms with Crippen molar-refractivity contribution in [2.24, 2.45) is 0 Å². The molecule has 1 aliphatic rings. The molecule has 0 atom stereocenters. The molecule has 0 saturated carbocycles. The Morgan fingerprint density at radius 3 is 2.32 bits per heavy atom. The quantitative estimate of drug-likeness (QED) is 0.536. The summed E-state index contributed by atoms with van der Waals surface area (Å²) >= 11 is 1.26. The van der Waals surface area contributed by atoms with Crippen LogP contribution in [0, 0.1) is 0 Å². The number of para-hydroxylation sites is 2. The summed E-state index contributed by atoms with van der Waals surface area (Å²) in [5.74, 6) is -0.0847. The minimum absolute atomic E-state index is 0.0785. The van der Waals surface area contributed by atoms with Crippen molar-refractivity contribution in [1.82, 2.24) is 25.1 Å². The number of carbonyl (C=O) groups excluding carboxylic acids is 2. The highest BCUT2D eigenvalue weighted by Crippen LogP contribution is 2.26. The van der Waals surface area contributed by atoms with E-state index in [2.05, 4.69) is 25.5 Å². The third kappa shape index (κ3) is 2.78. The standard InChI is InChI=1S/C19H12N6O2S/c26-17-11-5-1-2-6-12(11)18(27)25(17)10-16-23-24-19(28-16)22-15-9-20-13-7-3-4-8-14(13)21-15/h1-9H,10H2,(H,21,22,24). The van der Waals surface area contributed by atoms with Gasteiger partial charge in [-0.05, 0) is 24.3 Å². The molecule has 1 aliphatic heterocycles. The van der Waals surface area contributed by atoms with Crippen LogP contribution in [-0.4, -0.2) is 36.9 Å². The Morgan fingerprint density at radius 2 is 1.57 bits per heavy atom. The number of fused-ring (bicyclic) bond motifs is 2. The number of amides is 2. The number of hydrogen-bond donors (Lipinski definition) is 1. The molecule has 28 heavy (non-hydrogen) atoms. The number of carbonyl (C=O) groups is 2. The number of nitrogens with zero attached hydrogens (tertiary/aromatic N) is 5. The molecule has 0 saturated heterocycles. The van der Waals surface area contributed by atoms with E-state index in [0.29, 0.717) is 27.1 Å². The first-order valence-electron chi connectivity index (χ1n) is 8.45. The Kier molecular flexibility index (Phi) is 3.80. The molecule has 5 rings (SSSR count). The zero-order valence-electron chi connectivity index (χ0n) is 14.4. The van der Waals surface area contributed by atoms with Crippen LogP contribution < -0.4 is 5.32 Å². The van der Waals surface area contributed by atoms with E-state index in [1.807, 2.05) is 24.3 Å². The van der Waals surface area contributed by atoms with Crippen molar-refractivity contribution in [3.63, 3.8) is 0 Å². The fourth-order valence-electron chi connectivity index (χ4n) is 3.01. The molecule has 0 radical (unpaired) electrons. The largest absolute Gasteiger partial charge is 0.313 e. The minimum atomic E-state index is -0.314. The van der Waals surface area contributed by atoms with Gasteiger partial charge in [0, 0.05) is 0 Å². The van der Waals surface area contributed by atoms with Crippen molar-refractivity contribution in [2.75, 3.05) is 5.32 Å². The second-order valence-electron chi connectivity index (χ2n) is 6.11. The summed E-state index contributed by atoms with van der Waals surface area (Å²) in [6.45, 7) is 0.0785. The van der Waals surface area contributed by atoms with E-state index in [4.69, 9.17) is 0 Å². The van der Waals surface area contributed by atoms with Crippen molar-refractivity contribution >= 4 is 45.1 Å². The van der Waals surface area contributed by atoms with Crippen LogP contribution in [0.15, 0.2) is 54.7 Å². The van der Waals surface area contributed by atoms with E-state index >= 15 is 0 Å². The molecule has 0 fully saturated rings. The first kappa shape index (κ1) is 16.5. The summed E-state index contributed by atoms with van der Waals surface area (Å²) < 4.78 is 0. The molecular formula is C19H12N6O2S. The lowest BCUT2D eigenvalue weighted by molar-refractivity contribution is 0.0642. The topological polar surface area (TPSA) is 101 Å². The molecular weight excluding hydrogens is 376 g/mol. The van der Waals surface area contributed by atoms with E-state index in [1.165, 1.54) is 16.2 Å². The third-order valence-electron chi connectivity index (χ3n) is 4.32. The Hall–Kier alpha value is -3.72. The number of rotatable bonds is 4. The highest BCUT2D eigenvalue weighted by Gasteiger charge is 2.35. The molecule has 0 bridgehead atoms. The smallest absolute Gasteiger partial charge is 0.261 e. The Balaban J connectivity index is 1.34. The Labute approximate surface area is 162 Å². The van der Waals surface area contributed by atoms with Gasteiger partial charge in [0.1, 0.15) is 5.01 Å². The molecule has 0 aliphatic carbocycles. The van der Waals surface area contributed by atoms with Crippen molar-refractivity contribution in [1.29, 1.82) is 0 Å². The zero-order valence-corrected chi connectivity index (χ0v) is 15.2. The molecule has 2 aromatic heterocycles. The molecule has 9 heteroatoms. The predicted octanol–water partition coefficient (Wildman–Crippen LogP) is 3.02. The SMILES string of the molecule is O=C1c2ccccc2C(=O)N1Cc1nnc(Nc2cnc3ccccc3n2)s1. The maximum absolute atomic E-state index is 12.5. The highest BCUT2D eigenvalue weighted by molar-refractivity contribution is 7.15. The van der Waals surface area contributed by atoms with Gasteiger partial charge in [-0.3, -0.25) is 19.5 Å². The summed E-state index contributed by atoms with van der Waals surface area (Å²) in [5, 5.41) is 12.3. The fourth-order valence-corrected chi connectivity index (χ4v) is 3.75. The van der Waals surface area contributed by atoms with Crippen LogP contribution in [0.1, 0.15) is 25.7 Å². The molecule has 3 heterocycles. The summed E-state index contributed by atoms with van der Waals surface area (Å²) in [7, 11) is 0. The summed E-state index contributed by atoms with van der Waals surface area (Å²) in [5.41, 5.74) is 2.41. The van der Waals surface area contributed by atoms with Crippen molar-refractivity contribution in [2.45, 2.75) is 6.54 Å². The van der Waals surface area contributed by atoms with Gasteiger partial charge in [0.15, 0.2) is 5.82 Å². The van der Waals surface area contributed by atoms with Gasteiger partial charge in [0.05, 0.1) is 34.9 Å². The van der Waals surface area contributed by atoms with Crippen molar-refractivity contribution in [3.8, 4) is 0 Å². The van der Waals surface area contributed by atoms with Gasteiger partial charge >= 0.3 is 0 Å². The average molecular weight is 388 g/mol. The second-order valence-corrected chi connectivity index (χ2v) is 7.17. The van der Waals surface area contributed by atoms with E-state index in [9.17, 15) is 9.59 Å². The predicted molar refractivity (Wildman–Crippen MR) is 103 cm³/mol. The van der Waals surface area contributed by atoms with Gasteiger partial charge in [0.25, 0.3) is 11.8 Å². The van der Waals surface area contributed by atoms with Crippen LogP contribution >= 0.6 is 11.3 Å². The van der Waals surface area contributed by atoms with Gasteiger partial charge in [-0.15, -0.1) is 10.2 Å². The van der Waals surface area contributed by atoms with Gasteiger partial charge in [0.2, 0.25) is 5.13 Å². The third-order valence-corrected chi connectivity index (χ3v) is 5.15. The Morgan fingerprint density at radius 1 is 0.893 bits per heavy atom. The highest BCUT2D eigenvalue weighted by atomic mass is 32.1. The molecule has 0 unspecified atom stereocenters. The molecule has 136 valence electrons. The molecule has 1 N–H and O–H groups in total. The average Bonchev–Trinajstić information content (AvgIpc) is 3.26. The van der Waals surface area contributed by atoms with Gasteiger partial charge < -0.3 is 5.32 Å². The number of anilines is 2. The normalized spacial score (nSPS) is 13.2. The monoisotopic (exact) mass is 388 g/mol. The van der Waals surface area contributed by atoms with E-state index in [0.717, 1.165) is 11.0 Å². The maximum atomic E-state index is 12.5. The van der Waals surface area contributed by atoms with Gasteiger partial charge in [-0.25, -0.2) is 4.98 Å². The lowest BCUT2D eigenvalue weighted by Gasteiger charge is -2.10. The molecule has 4 aromatic rings. The molecule has 2 aromatic carbocycles. The summed E-state index contributed by atoms with van der Waals surface area (Å²) in [4.78, 5) is 34.9. The lowest BCUT2D eigenvalue weighted by Crippen LogP contribution is -2.29. The van der Waals surface area contributed by atoms with Crippen LogP contribution in [0.25, 0.3) is 11.0 Å². The van der Waals surface area contributed by atoms with Crippen LogP contribution in [-0.2, 0) is 6.54 Å². The number of benzene rings is 2. The number of hydrogen-bond acceptors (Lipinski definition) is 8. The minimum Gasteiger partial charge on any atom is -0.313 e. The first-order chi connectivity index (χ1) is 13.7. The lowest BCUT2D eigenvalue weighted by atomic mass is 10.1. The molecule has 8 nitrogen and oxygen atoms in total. The zero-order chi connectivity index (χ0) is 19.1. The number of nitrogens with one attached hydrogen (secondary N) is 1. The van der Waals surface area contributed by atoms with Crippen molar-refractivity contribution in [3.05, 3.63) is 70.9 Å². The van der Waals surface area contributed by atoms with Crippen LogP contribution in [0.2, 0.25) is 0 Å². The van der Waals surface area contributed by atoms with E-state index in [-0.39, 0.29) is 18.4 Å². The Bertz CT molecular complexity index is 1200. The van der Waals surface area contributed by atoms with Crippen LogP contribution in [0.3, 0.4) is 0 Å². The van der Waals surface area contributed by atoms with Gasteiger partial charge in [-0.2, -0.15) is 0 Å². The van der Waals surface area contributed by atoms with Crippen LogP contribution in [0.4, 0.5) is 10.9 Å². The first-order valence-corrected chi connectivity index (χ1v) is 9.27. The molecule has 2 amide bonds. The second kappa shape index (κ2) is 6.46. The summed E-state index contributed by atoms with van der Waals surface area (Å²) in [6.07, 6.45) is 1.62. The van der Waals surface area contributed by atoms with Crippen LogP contribution in [0.5, 0.6) is 0 Å². The van der Waals surface area contributed by atoms with Gasteiger partial charge in [-0.1, -0.05) is 35.6 Å². The molecule has 0 spiro atoms. The van der Waals surface area contributed by atoms with Crippen molar-refractivity contribution < 1.29 is 9.59 Å². The maximum Gasteiger partial charge on any atom is 0.261 e. The van der Waals surface area contributed by atoms with E-state index < -0.39 is 0 Å².